The lowest BCUT2D eigenvalue weighted by Crippen LogP contribution is -2.06. The fourth-order valence-corrected chi connectivity index (χ4v) is 8.81. The summed E-state index contributed by atoms with van der Waals surface area (Å²) >= 11 is 0. The summed E-state index contributed by atoms with van der Waals surface area (Å²) in [5.74, 6) is 0. The van der Waals surface area contributed by atoms with Crippen LogP contribution in [0.5, 0.6) is 0 Å². The van der Waals surface area contributed by atoms with E-state index in [0.717, 1.165) is 21.7 Å². The molecule has 212 valence electrons. The number of rotatable bonds is 4. The summed E-state index contributed by atoms with van der Waals surface area (Å²) < 4.78 is 13.8. The molecule has 0 heterocycles. The number of benzene rings is 10. The van der Waals surface area contributed by atoms with Gasteiger partial charge in [-0.25, -0.2) is 0 Å². The van der Waals surface area contributed by atoms with E-state index >= 15 is 0 Å². The summed E-state index contributed by atoms with van der Waals surface area (Å²) in [7, 11) is -1.72. The van der Waals surface area contributed by atoms with E-state index in [1.807, 2.05) is 24.3 Å². The van der Waals surface area contributed by atoms with Crippen LogP contribution in [0.4, 0.5) is 0 Å². The van der Waals surface area contributed by atoms with Crippen LogP contribution in [0.25, 0.3) is 86.9 Å². The van der Waals surface area contributed by atoms with Crippen molar-refractivity contribution in [3.8, 4) is 22.3 Å². The van der Waals surface area contributed by atoms with Crippen molar-refractivity contribution >= 4 is 83.0 Å². The molecular formula is C44H26OP+. The van der Waals surface area contributed by atoms with E-state index in [4.69, 9.17) is 0 Å². The Balaban J connectivity index is 0.992. The molecule has 0 spiro atoms. The Hall–Kier alpha value is -5.62. The van der Waals surface area contributed by atoms with Crippen LogP contribution in [-0.4, -0.2) is 0 Å². The molecule has 10 aromatic rings. The molecule has 0 aliphatic heterocycles. The molecule has 0 saturated heterocycles. The second-order valence-corrected chi connectivity index (χ2v) is 13.9. The van der Waals surface area contributed by atoms with Gasteiger partial charge in [-0.15, -0.1) is 0 Å². The first-order chi connectivity index (χ1) is 22.7. The fourth-order valence-electron chi connectivity index (χ4n) is 7.68. The fraction of sp³-hybridized carbons (Fsp3) is 0. The normalized spacial score (nSPS) is 12.0. The highest BCUT2D eigenvalue weighted by Gasteiger charge is 2.24. The maximum atomic E-state index is 13.8. The second kappa shape index (κ2) is 9.69. The van der Waals surface area contributed by atoms with Gasteiger partial charge in [0.25, 0.3) is 0 Å². The molecule has 0 saturated carbocycles. The van der Waals surface area contributed by atoms with E-state index in [1.54, 1.807) is 0 Å². The average Bonchev–Trinajstić information content (AvgIpc) is 3.12. The van der Waals surface area contributed by atoms with Crippen molar-refractivity contribution in [3.05, 3.63) is 158 Å². The van der Waals surface area contributed by atoms with Crippen molar-refractivity contribution < 1.29 is 4.57 Å². The van der Waals surface area contributed by atoms with Crippen LogP contribution in [0.2, 0.25) is 0 Å². The maximum absolute atomic E-state index is 13.8. The van der Waals surface area contributed by atoms with Gasteiger partial charge in [-0.2, -0.15) is 0 Å². The minimum absolute atomic E-state index is 0.840. The van der Waals surface area contributed by atoms with Gasteiger partial charge in [0.05, 0.1) is 0 Å². The van der Waals surface area contributed by atoms with Crippen LogP contribution >= 0.6 is 7.80 Å². The molecule has 0 unspecified atom stereocenters. The Bertz CT molecular complexity index is 2570. The lowest BCUT2D eigenvalue weighted by Gasteiger charge is -2.14. The van der Waals surface area contributed by atoms with E-state index in [-0.39, 0.29) is 0 Å². The summed E-state index contributed by atoms with van der Waals surface area (Å²) in [4.78, 5) is 0. The molecule has 0 atom stereocenters. The monoisotopic (exact) mass is 601 g/mol. The van der Waals surface area contributed by atoms with Gasteiger partial charge in [0.1, 0.15) is 0 Å². The Morgan fingerprint density at radius 2 is 0.630 bits per heavy atom. The molecule has 0 amide bonds. The van der Waals surface area contributed by atoms with Gasteiger partial charge in [-0.05, 0) is 135 Å². The Kier molecular flexibility index (Phi) is 5.41. The average molecular weight is 602 g/mol. The van der Waals surface area contributed by atoms with E-state index in [9.17, 15) is 4.57 Å². The minimum Gasteiger partial charge on any atom is -0.0613 e. The van der Waals surface area contributed by atoms with Crippen molar-refractivity contribution in [1.29, 1.82) is 0 Å². The van der Waals surface area contributed by atoms with Crippen LogP contribution in [-0.2, 0) is 4.57 Å². The van der Waals surface area contributed by atoms with E-state index < -0.39 is 7.80 Å². The SMILES string of the molecule is O=[P+](c1ccc(-c2ccc3ccc4cccc5ccc2c3c45)cc1)c1ccc(-c2ccc3ccc4cccc5ccc2c3c45)cc1. The van der Waals surface area contributed by atoms with Gasteiger partial charge < -0.3 is 0 Å². The maximum Gasteiger partial charge on any atom is 0.415 e. The smallest absolute Gasteiger partial charge is 0.0613 e. The summed E-state index contributed by atoms with van der Waals surface area (Å²) in [6, 6.07) is 56.3. The largest absolute Gasteiger partial charge is 0.415 e. The first-order valence-electron chi connectivity index (χ1n) is 15.7. The molecule has 0 N–H and O–H groups in total. The van der Waals surface area contributed by atoms with Gasteiger partial charge in [-0.1, -0.05) is 114 Å². The third-order valence-corrected chi connectivity index (χ3v) is 11.4. The topological polar surface area (TPSA) is 17.1 Å². The number of hydrogen-bond acceptors (Lipinski definition) is 1. The van der Waals surface area contributed by atoms with Crippen molar-refractivity contribution in [1.82, 2.24) is 0 Å². The third kappa shape index (κ3) is 3.70. The molecule has 0 aliphatic rings. The van der Waals surface area contributed by atoms with Gasteiger partial charge in [0.2, 0.25) is 0 Å². The van der Waals surface area contributed by atoms with Gasteiger partial charge in [-0.3, -0.25) is 0 Å². The Morgan fingerprint density at radius 1 is 0.304 bits per heavy atom. The van der Waals surface area contributed by atoms with E-state index in [2.05, 4.69) is 133 Å². The molecular weight excluding hydrogens is 575 g/mol. The summed E-state index contributed by atoms with van der Waals surface area (Å²) in [5.41, 5.74) is 4.67. The second-order valence-electron chi connectivity index (χ2n) is 12.3. The molecule has 2 heteroatoms. The predicted octanol–water partition coefficient (Wildman–Crippen LogP) is 11.6. The molecule has 0 aromatic heterocycles. The van der Waals surface area contributed by atoms with Gasteiger partial charge in [0.15, 0.2) is 10.6 Å². The Morgan fingerprint density at radius 3 is 1.02 bits per heavy atom. The first kappa shape index (κ1) is 25.7. The Labute approximate surface area is 266 Å². The highest BCUT2D eigenvalue weighted by Crippen LogP contribution is 2.41. The molecule has 0 radical (unpaired) electrons. The van der Waals surface area contributed by atoms with E-state index in [1.165, 1.54) is 75.8 Å². The summed E-state index contributed by atoms with van der Waals surface area (Å²) in [5, 5.41) is 17.0. The molecule has 0 bridgehead atoms. The highest BCUT2D eigenvalue weighted by molar-refractivity contribution is 7.61. The zero-order valence-electron chi connectivity index (χ0n) is 24.9. The van der Waals surface area contributed by atoms with Gasteiger partial charge >= 0.3 is 7.80 Å². The number of hydrogen-bond donors (Lipinski definition) is 0. The molecule has 1 nitrogen and oxygen atoms in total. The van der Waals surface area contributed by atoms with Crippen LogP contribution in [0, 0.1) is 0 Å². The molecule has 10 rings (SSSR count). The summed E-state index contributed by atoms with van der Waals surface area (Å²) in [6.07, 6.45) is 0. The lowest BCUT2D eigenvalue weighted by atomic mass is 9.90. The first-order valence-corrected chi connectivity index (χ1v) is 17.0. The van der Waals surface area contributed by atoms with Crippen molar-refractivity contribution in [2.75, 3.05) is 0 Å². The highest BCUT2D eigenvalue weighted by atomic mass is 31.1. The van der Waals surface area contributed by atoms with Crippen LogP contribution in [0.1, 0.15) is 0 Å². The quantitative estimate of drug-likeness (QED) is 0.145. The zero-order chi connectivity index (χ0) is 30.4. The van der Waals surface area contributed by atoms with Crippen molar-refractivity contribution in [2.45, 2.75) is 0 Å². The molecule has 10 aromatic carbocycles. The summed E-state index contributed by atoms with van der Waals surface area (Å²) in [6.45, 7) is 0. The predicted molar refractivity (Wildman–Crippen MR) is 198 cm³/mol. The van der Waals surface area contributed by atoms with Crippen molar-refractivity contribution in [2.24, 2.45) is 0 Å². The molecule has 0 fully saturated rings. The van der Waals surface area contributed by atoms with Crippen LogP contribution < -0.4 is 10.6 Å². The standard InChI is InChI=1S/C44H26OP/c45-46(35-19-11-27(12-20-35)37-23-15-33-9-7-29-3-1-5-31-17-25-39(37)43(33)41(29)31)36-21-13-28(14-22-36)38-24-16-34-10-8-30-4-2-6-32-18-26-40(38)44(34)42(30)32/h1-26H/q+1. The molecule has 46 heavy (non-hydrogen) atoms. The van der Waals surface area contributed by atoms with Crippen LogP contribution in [0.15, 0.2) is 158 Å². The van der Waals surface area contributed by atoms with E-state index in [0.29, 0.717) is 0 Å². The lowest BCUT2D eigenvalue weighted by molar-refractivity contribution is 0.598. The zero-order valence-corrected chi connectivity index (χ0v) is 25.8. The van der Waals surface area contributed by atoms with Crippen molar-refractivity contribution in [3.63, 3.8) is 0 Å². The third-order valence-electron chi connectivity index (χ3n) is 9.88. The molecule has 0 aliphatic carbocycles. The minimum atomic E-state index is -1.72. The van der Waals surface area contributed by atoms with Crippen LogP contribution in [0.3, 0.4) is 0 Å². The van der Waals surface area contributed by atoms with Gasteiger partial charge in [0, 0.05) is 0 Å².